The molecular formula is C29H43N3O8S2Si. The molecule has 4 fully saturated rings. The van der Waals surface area contributed by atoms with Crippen LogP contribution in [0.15, 0.2) is 30.5 Å². The molecule has 3 saturated heterocycles. The lowest BCUT2D eigenvalue weighted by Crippen LogP contribution is -3.20. The van der Waals surface area contributed by atoms with Crippen molar-refractivity contribution in [2.45, 2.75) is 74.9 Å². The molecule has 1 amide bonds. The lowest BCUT2D eigenvalue weighted by Gasteiger charge is -2.49. The fraction of sp³-hybridized carbons (Fsp3) is 0.655. The van der Waals surface area contributed by atoms with E-state index in [-0.39, 0.29) is 12.5 Å². The first-order valence-corrected chi connectivity index (χ1v) is 20.4. The highest BCUT2D eigenvalue weighted by Crippen LogP contribution is 2.38. The lowest BCUT2D eigenvalue weighted by atomic mass is 9.72. The van der Waals surface area contributed by atoms with E-state index >= 15 is 0 Å². The van der Waals surface area contributed by atoms with Gasteiger partial charge in [0, 0.05) is 47.3 Å². The van der Waals surface area contributed by atoms with Gasteiger partial charge in [-0.1, -0.05) is 12.8 Å². The number of piperidine rings is 3. The van der Waals surface area contributed by atoms with E-state index in [2.05, 4.69) is 10.3 Å². The molecule has 0 spiro atoms. The van der Waals surface area contributed by atoms with Crippen LogP contribution in [0.1, 0.15) is 56.6 Å². The van der Waals surface area contributed by atoms with Crippen molar-refractivity contribution in [1.82, 2.24) is 10.3 Å². The van der Waals surface area contributed by atoms with Crippen molar-refractivity contribution in [3.8, 4) is 5.75 Å². The van der Waals surface area contributed by atoms with Gasteiger partial charge in [0.2, 0.25) is 0 Å². The molecule has 1 saturated carbocycles. The third kappa shape index (κ3) is 8.02. The number of hydrogen-bond donors (Lipinski definition) is 4. The van der Waals surface area contributed by atoms with Gasteiger partial charge in [-0.2, -0.15) is 11.8 Å². The average Bonchev–Trinajstić information content (AvgIpc) is 2.97. The van der Waals surface area contributed by atoms with Crippen LogP contribution in [0.5, 0.6) is 5.75 Å². The Bertz CT molecular complexity index is 1390. The van der Waals surface area contributed by atoms with E-state index < -0.39 is 42.2 Å². The van der Waals surface area contributed by atoms with E-state index in [1.165, 1.54) is 11.4 Å². The third-order valence-electron chi connectivity index (χ3n) is 9.38. The van der Waals surface area contributed by atoms with E-state index in [0.29, 0.717) is 35.8 Å². The number of aromatic nitrogens is 1. The maximum atomic E-state index is 13.5. The van der Waals surface area contributed by atoms with Gasteiger partial charge in [-0.25, -0.2) is 13.2 Å². The summed E-state index contributed by atoms with van der Waals surface area (Å²) < 4.78 is 47.6. The first kappa shape index (κ1) is 32.5. The van der Waals surface area contributed by atoms with Gasteiger partial charge in [0.1, 0.15) is 11.8 Å². The molecule has 7 atom stereocenters. The topological polar surface area (TPSA) is 163 Å². The van der Waals surface area contributed by atoms with Crippen molar-refractivity contribution in [1.29, 1.82) is 0 Å². The Balaban J connectivity index is 1.38. The molecular weight excluding hydrogens is 611 g/mol. The van der Waals surface area contributed by atoms with Crippen LogP contribution in [0.2, 0.25) is 6.55 Å². The summed E-state index contributed by atoms with van der Waals surface area (Å²) in [6, 6.07) is 6.71. The predicted octanol–water partition coefficient (Wildman–Crippen LogP) is 1.88. The van der Waals surface area contributed by atoms with Gasteiger partial charge in [-0.3, -0.25) is 4.98 Å². The van der Waals surface area contributed by atoms with E-state index in [4.69, 9.17) is 9.47 Å². The summed E-state index contributed by atoms with van der Waals surface area (Å²) in [7, 11) is -6.03. The van der Waals surface area contributed by atoms with E-state index in [0.717, 1.165) is 61.0 Å². The highest BCUT2D eigenvalue weighted by Gasteiger charge is 2.48. The Labute approximate surface area is 258 Å². The molecule has 4 unspecified atom stereocenters. The fourth-order valence-electron chi connectivity index (χ4n) is 7.32. The fourth-order valence-corrected chi connectivity index (χ4v) is 11.0. The summed E-state index contributed by atoms with van der Waals surface area (Å²) in [5, 5.41) is 2.83. The molecule has 3 aliphatic heterocycles. The molecule has 1 aromatic carbocycles. The van der Waals surface area contributed by atoms with Gasteiger partial charge in [-0.05, 0) is 61.7 Å². The number of rotatable bonds is 11. The lowest BCUT2D eigenvalue weighted by molar-refractivity contribution is -0.950. The van der Waals surface area contributed by atoms with Crippen LogP contribution >= 0.6 is 11.8 Å². The second kappa shape index (κ2) is 13.6. The van der Waals surface area contributed by atoms with Crippen molar-refractivity contribution >= 4 is 47.4 Å². The summed E-state index contributed by atoms with van der Waals surface area (Å²) in [6.45, 7) is 3.44. The van der Waals surface area contributed by atoms with Crippen molar-refractivity contribution in [3.63, 3.8) is 0 Å². The molecule has 4 aliphatic rings. The third-order valence-corrected chi connectivity index (χ3v) is 14.2. The molecule has 14 heteroatoms. The van der Waals surface area contributed by atoms with Crippen molar-refractivity contribution in [2.75, 3.05) is 31.3 Å². The first-order chi connectivity index (χ1) is 20.4. The maximum absolute atomic E-state index is 13.5. The van der Waals surface area contributed by atoms with E-state index in [1.807, 2.05) is 24.3 Å². The van der Waals surface area contributed by atoms with Gasteiger partial charge in [-0.15, -0.1) is 0 Å². The monoisotopic (exact) mass is 653 g/mol. The van der Waals surface area contributed by atoms with Gasteiger partial charge in [0.25, 0.3) is 0 Å². The quantitative estimate of drug-likeness (QED) is 0.160. The molecule has 0 radical (unpaired) electrons. The average molecular weight is 654 g/mol. The van der Waals surface area contributed by atoms with Crippen LogP contribution in [0.25, 0.3) is 10.9 Å². The molecule has 238 valence electrons. The van der Waals surface area contributed by atoms with Crippen molar-refractivity contribution in [2.24, 2.45) is 11.8 Å². The number of quaternary nitrogens is 1. The zero-order valence-electron chi connectivity index (χ0n) is 24.7. The van der Waals surface area contributed by atoms with Gasteiger partial charge < -0.3 is 33.8 Å². The Hall–Kier alpha value is -1.94. The minimum absolute atomic E-state index is 0.0128. The number of nitrogens with one attached hydrogen (secondary N) is 2. The molecule has 1 aromatic heterocycles. The number of benzene rings is 1. The Morgan fingerprint density at radius 1 is 1.26 bits per heavy atom. The number of thioether (sulfide) groups is 1. The molecule has 4 heterocycles. The number of alkyl carbamates (subject to hydrolysis) is 1. The van der Waals surface area contributed by atoms with Gasteiger partial charge in [0.05, 0.1) is 41.1 Å². The summed E-state index contributed by atoms with van der Waals surface area (Å²) >= 11 is 1.61. The minimum atomic E-state index is -4.56. The smallest absolute Gasteiger partial charge is 0.408 e. The molecule has 1 aliphatic carbocycles. The van der Waals surface area contributed by atoms with Crippen molar-refractivity contribution in [3.05, 3.63) is 36.0 Å². The SMILES string of the molecule is COc1ccc2nccc([C@@H](OC(=O)N[C@H]3CCCC[C@@H]3S(=O)(=O)[O-])C3CC4CC[NH+]3CC4CCSC[Si](C)(O)O)c2c1. The number of hydrogen-bond acceptors (Lipinski definition) is 10. The summed E-state index contributed by atoms with van der Waals surface area (Å²) in [4.78, 5) is 38.9. The summed E-state index contributed by atoms with van der Waals surface area (Å²) in [5.41, 5.74) is 1.57. The maximum Gasteiger partial charge on any atom is 0.408 e. The van der Waals surface area contributed by atoms with Crippen LogP contribution < -0.4 is 15.0 Å². The van der Waals surface area contributed by atoms with Gasteiger partial charge in [0.15, 0.2) is 6.10 Å². The van der Waals surface area contributed by atoms with Crippen LogP contribution in [0, 0.1) is 11.8 Å². The Morgan fingerprint density at radius 2 is 2.05 bits per heavy atom. The second-order valence-electron chi connectivity index (χ2n) is 12.5. The number of amides is 1. The molecule has 6 rings (SSSR count). The molecule has 43 heavy (non-hydrogen) atoms. The normalized spacial score (nSPS) is 28.4. The predicted molar refractivity (Wildman–Crippen MR) is 165 cm³/mol. The number of ether oxygens (including phenoxy) is 2. The number of carbonyl (C=O) groups excluding carboxylic acids is 1. The van der Waals surface area contributed by atoms with Crippen molar-refractivity contribution < 1.29 is 41.7 Å². The molecule has 2 aromatic rings. The zero-order chi connectivity index (χ0) is 30.8. The highest BCUT2D eigenvalue weighted by molar-refractivity contribution is 8.00. The standard InChI is InChI=1S/C29H43N3O8S2Si/c1-39-21-7-8-24-23(16-21)22(9-12-30-24)28(40-29(33)31-25-5-3-4-6-27(25)42(34,35)36)26-15-19-10-13-32(26)17-20(19)11-14-41-18-43(2,37)38/h7-9,12,16,19-20,25-28,37-38H,3-6,10-11,13-15,17-18H2,1-2H3,(H,31,33)(H,34,35,36)/t19?,20?,25-,26?,27-,28+/m0/s1. The first-order valence-electron chi connectivity index (χ1n) is 15.1. The summed E-state index contributed by atoms with van der Waals surface area (Å²) in [5.74, 6) is 2.51. The summed E-state index contributed by atoms with van der Waals surface area (Å²) in [6.07, 6.45) is 5.35. The largest absolute Gasteiger partial charge is 0.748 e. The van der Waals surface area contributed by atoms with Gasteiger partial charge >= 0.3 is 14.7 Å². The molecule has 4 N–H and O–H groups in total. The van der Waals surface area contributed by atoms with E-state index in [1.54, 1.807) is 25.1 Å². The molecule has 11 nitrogen and oxygen atoms in total. The number of carbonyl (C=O) groups is 1. The minimum Gasteiger partial charge on any atom is -0.748 e. The zero-order valence-corrected chi connectivity index (χ0v) is 27.4. The number of nitrogens with zero attached hydrogens (tertiary/aromatic N) is 1. The number of fused-ring (bicyclic) bond motifs is 4. The second-order valence-corrected chi connectivity index (χ2v) is 18.5. The Morgan fingerprint density at radius 3 is 2.74 bits per heavy atom. The van der Waals surface area contributed by atoms with E-state index in [9.17, 15) is 27.4 Å². The van der Waals surface area contributed by atoms with Crippen LogP contribution in [-0.2, 0) is 14.9 Å². The van der Waals surface area contributed by atoms with Crippen LogP contribution in [-0.4, -0.2) is 90.9 Å². The number of methoxy groups -OCH3 is 1. The van der Waals surface area contributed by atoms with Crippen LogP contribution in [0.3, 0.4) is 0 Å². The van der Waals surface area contributed by atoms with Crippen LogP contribution in [0.4, 0.5) is 4.79 Å². The number of pyridine rings is 1. The Kier molecular flexibility index (Phi) is 10.3. The highest BCUT2D eigenvalue weighted by atomic mass is 32.2. The molecule has 2 bridgehead atoms.